The Labute approximate surface area is 277 Å². The standard InChI is InChI=1S/C43H48N2Si/c1-29(2)23-34-25-41-35-18-12-11-17-33(35)21-22-38-36-19-13-14-20-37(36)42-26-39(32-15-9-8-10-16-32)30(3)27-45(42)40(38)24-31(4)44(41)28-43(34)46(5,6)7/h8-20,25-29,38,40H,4,21-24H2,1-3,5-7H3/q+2. The third-order valence-corrected chi connectivity index (χ3v) is 12.3. The molecule has 0 radical (unpaired) electrons. The van der Waals surface area contributed by atoms with Crippen LogP contribution in [0.15, 0.2) is 110 Å². The van der Waals surface area contributed by atoms with Crippen LogP contribution >= 0.6 is 0 Å². The molecule has 0 bridgehead atoms. The molecule has 2 aliphatic rings. The van der Waals surface area contributed by atoms with Crippen molar-refractivity contribution in [3.63, 3.8) is 0 Å². The Bertz CT molecular complexity index is 1950. The lowest BCUT2D eigenvalue weighted by molar-refractivity contribution is -0.720. The number of aryl methyl sites for hydroxylation is 2. The molecule has 2 aliphatic heterocycles. The van der Waals surface area contributed by atoms with E-state index >= 15 is 0 Å². The van der Waals surface area contributed by atoms with E-state index in [9.17, 15) is 0 Å². The van der Waals surface area contributed by atoms with Gasteiger partial charge < -0.3 is 0 Å². The molecule has 0 saturated carbocycles. The molecule has 0 spiro atoms. The first kappa shape index (κ1) is 30.6. The first-order valence-electron chi connectivity index (χ1n) is 17.2. The van der Waals surface area contributed by atoms with Gasteiger partial charge in [-0.1, -0.05) is 100 Å². The second-order valence-electron chi connectivity index (χ2n) is 15.1. The number of allylic oxidation sites excluding steroid dienone is 1. The summed E-state index contributed by atoms with van der Waals surface area (Å²) < 4.78 is 5.10. The molecule has 0 amide bonds. The Hall–Kier alpha value is -4.08. The van der Waals surface area contributed by atoms with Crippen molar-refractivity contribution in [2.75, 3.05) is 0 Å². The number of hydrogen-bond donors (Lipinski definition) is 0. The number of benzene rings is 3. The number of rotatable bonds is 4. The summed E-state index contributed by atoms with van der Waals surface area (Å²) in [5.41, 5.74) is 14.8. The van der Waals surface area contributed by atoms with Crippen LogP contribution in [0.25, 0.3) is 39.3 Å². The second-order valence-corrected chi connectivity index (χ2v) is 20.1. The maximum atomic E-state index is 4.89. The zero-order valence-corrected chi connectivity index (χ0v) is 29.5. The summed E-state index contributed by atoms with van der Waals surface area (Å²) in [6.07, 6.45) is 9.09. The van der Waals surface area contributed by atoms with Gasteiger partial charge in [0.25, 0.3) is 0 Å². The summed E-state index contributed by atoms with van der Waals surface area (Å²) in [4.78, 5) is 0. The monoisotopic (exact) mass is 620 g/mol. The van der Waals surface area contributed by atoms with Crippen LogP contribution in [0, 0.1) is 12.8 Å². The molecule has 2 atom stereocenters. The Balaban J connectivity index is 1.44. The molecule has 0 saturated heterocycles. The smallest absolute Gasteiger partial charge is 0.194 e. The number of hydrogen-bond acceptors (Lipinski definition) is 0. The number of pyridine rings is 2. The fourth-order valence-corrected chi connectivity index (χ4v) is 9.78. The molecule has 3 aromatic carbocycles. The Morgan fingerprint density at radius 1 is 0.804 bits per heavy atom. The lowest BCUT2D eigenvalue weighted by atomic mass is 9.77. The fourth-order valence-electron chi connectivity index (χ4n) is 8.12. The number of fused-ring (bicyclic) bond motifs is 9. The van der Waals surface area contributed by atoms with Gasteiger partial charge in [-0.3, -0.25) is 0 Å². The third kappa shape index (κ3) is 5.49. The van der Waals surface area contributed by atoms with Crippen molar-refractivity contribution in [2.45, 2.75) is 78.1 Å². The maximum absolute atomic E-state index is 4.89. The molecule has 3 heteroatoms. The summed E-state index contributed by atoms with van der Waals surface area (Å²) >= 11 is 0. The summed E-state index contributed by atoms with van der Waals surface area (Å²) in [6.45, 7) is 19.3. The summed E-state index contributed by atoms with van der Waals surface area (Å²) in [5.74, 6) is 0.996. The van der Waals surface area contributed by atoms with E-state index in [2.05, 4.69) is 153 Å². The first-order chi connectivity index (χ1) is 22.1. The average molecular weight is 621 g/mol. The van der Waals surface area contributed by atoms with E-state index < -0.39 is 8.07 Å². The number of aromatic nitrogens is 2. The SMILES string of the molecule is C=C1CC2C(CCc3ccccc3-c3cc(CC(C)C)c([Si](C)(C)C)c[n+]31)c1ccccc1-c1cc(-c3ccccc3)c(C)c[n+]12. The molecular weight excluding hydrogens is 573 g/mol. The van der Waals surface area contributed by atoms with E-state index in [0.717, 1.165) is 25.7 Å². The molecule has 2 aromatic heterocycles. The van der Waals surface area contributed by atoms with E-state index in [1.54, 1.807) is 5.19 Å². The summed E-state index contributed by atoms with van der Waals surface area (Å²) in [7, 11) is -1.63. The molecular formula is C43H48N2Si+2. The van der Waals surface area contributed by atoms with Gasteiger partial charge in [-0.15, -0.1) is 0 Å². The maximum Gasteiger partial charge on any atom is 0.218 e. The highest BCUT2D eigenvalue weighted by atomic mass is 28.3. The minimum atomic E-state index is -1.63. The Morgan fingerprint density at radius 3 is 2.24 bits per heavy atom. The van der Waals surface area contributed by atoms with Gasteiger partial charge in [0, 0.05) is 39.9 Å². The molecule has 4 heterocycles. The van der Waals surface area contributed by atoms with Crippen LogP contribution in [-0.2, 0) is 12.8 Å². The van der Waals surface area contributed by atoms with Crippen LogP contribution in [0.5, 0.6) is 0 Å². The normalized spacial score (nSPS) is 17.4. The molecule has 0 aliphatic carbocycles. The van der Waals surface area contributed by atoms with Crippen LogP contribution in [0.3, 0.4) is 0 Å². The van der Waals surface area contributed by atoms with Crippen molar-refractivity contribution >= 4 is 19.0 Å². The molecule has 2 nitrogen and oxygen atoms in total. The zero-order valence-electron chi connectivity index (χ0n) is 28.5. The van der Waals surface area contributed by atoms with Crippen molar-refractivity contribution in [2.24, 2.45) is 5.92 Å². The van der Waals surface area contributed by atoms with Crippen LogP contribution in [0.4, 0.5) is 0 Å². The summed E-state index contributed by atoms with van der Waals surface area (Å²) in [5, 5.41) is 1.56. The molecule has 2 unspecified atom stereocenters. The predicted molar refractivity (Wildman–Crippen MR) is 196 cm³/mol. The average Bonchev–Trinajstić information content (AvgIpc) is 3.03. The Morgan fingerprint density at radius 2 is 1.50 bits per heavy atom. The van der Waals surface area contributed by atoms with Gasteiger partial charge in [-0.05, 0) is 78.6 Å². The van der Waals surface area contributed by atoms with Crippen LogP contribution in [0.1, 0.15) is 60.9 Å². The fraction of sp³-hybridized carbons (Fsp3) is 0.302. The van der Waals surface area contributed by atoms with Gasteiger partial charge >= 0.3 is 0 Å². The highest BCUT2D eigenvalue weighted by molar-refractivity contribution is 6.89. The number of nitrogens with zero attached hydrogens (tertiary/aromatic N) is 2. The molecule has 0 N–H and O–H groups in total. The molecule has 7 rings (SSSR count). The molecule has 0 fully saturated rings. The van der Waals surface area contributed by atoms with Crippen molar-refractivity contribution in [3.05, 3.63) is 132 Å². The summed E-state index contributed by atoms with van der Waals surface area (Å²) in [6, 6.07) is 34.4. The predicted octanol–water partition coefficient (Wildman–Crippen LogP) is 9.46. The van der Waals surface area contributed by atoms with Gasteiger partial charge in [0.05, 0.1) is 14.5 Å². The Kier molecular flexibility index (Phi) is 7.93. The van der Waals surface area contributed by atoms with Crippen molar-refractivity contribution < 1.29 is 9.13 Å². The highest BCUT2D eigenvalue weighted by Gasteiger charge is 2.43. The lowest BCUT2D eigenvalue weighted by Crippen LogP contribution is -2.51. The van der Waals surface area contributed by atoms with E-state index in [1.807, 2.05) is 0 Å². The molecule has 46 heavy (non-hydrogen) atoms. The molecule has 5 aromatic rings. The minimum absolute atomic E-state index is 0.275. The van der Waals surface area contributed by atoms with E-state index in [1.165, 1.54) is 61.6 Å². The van der Waals surface area contributed by atoms with E-state index in [-0.39, 0.29) is 6.04 Å². The van der Waals surface area contributed by atoms with Crippen molar-refractivity contribution in [1.29, 1.82) is 0 Å². The van der Waals surface area contributed by atoms with Crippen molar-refractivity contribution in [1.82, 2.24) is 0 Å². The van der Waals surface area contributed by atoms with Crippen LogP contribution in [-0.4, -0.2) is 8.07 Å². The van der Waals surface area contributed by atoms with E-state index in [0.29, 0.717) is 11.8 Å². The minimum Gasteiger partial charge on any atom is -0.194 e. The van der Waals surface area contributed by atoms with Gasteiger partial charge in [-0.25, -0.2) is 0 Å². The van der Waals surface area contributed by atoms with Crippen LogP contribution in [0.2, 0.25) is 19.6 Å². The van der Waals surface area contributed by atoms with Gasteiger partial charge in [-0.2, -0.15) is 9.13 Å². The molecule has 232 valence electrons. The quantitative estimate of drug-likeness (QED) is 0.140. The van der Waals surface area contributed by atoms with Gasteiger partial charge in [0.1, 0.15) is 0 Å². The largest absolute Gasteiger partial charge is 0.218 e. The third-order valence-electron chi connectivity index (χ3n) is 10.3. The zero-order chi connectivity index (χ0) is 32.2. The first-order valence-corrected chi connectivity index (χ1v) is 20.7. The second kappa shape index (κ2) is 11.9. The van der Waals surface area contributed by atoms with Crippen molar-refractivity contribution in [3.8, 4) is 33.6 Å². The van der Waals surface area contributed by atoms with E-state index in [4.69, 9.17) is 6.58 Å². The van der Waals surface area contributed by atoms with Crippen LogP contribution < -0.4 is 14.3 Å². The van der Waals surface area contributed by atoms with Gasteiger partial charge in [0.15, 0.2) is 24.1 Å². The van der Waals surface area contributed by atoms with Gasteiger partial charge in [0.2, 0.25) is 11.4 Å². The topological polar surface area (TPSA) is 7.76 Å². The highest BCUT2D eigenvalue weighted by Crippen LogP contribution is 2.45. The lowest BCUT2D eigenvalue weighted by Gasteiger charge is -2.32.